The maximum absolute atomic E-state index is 12.2. The Morgan fingerprint density at radius 1 is 1.06 bits per heavy atom. The van der Waals surface area contributed by atoms with Gasteiger partial charge in [-0.05, 0) is 12.5 Å². The molecule has 0 spiro atoms. The van der Waals surface area contributed by atoms with Gasteiger partial charge in [-0.2, -0.15) is 0 Å². The van der Waals surface area contributed by atoms with Crippen LogP contribution >= 0.6 is 23.2 Å². The monoisotopic (exact) mass is 271 g/mol. The van der Waals surface area contributed by atoms with Gasteiger partial charge in [0.1, 0.15) is 5.41 Å². The predicted molar refractivity (Wildman–Crippen MR) is 66.0 cm³/mol. The highest BCUT2D eigenvalue weighted by molar-refractivity contribution is 6.62. The number of likely N-dealkylation sites (N-methyl/N-ethyl adjacent to an activating group) is 1. The van der Waals surface area contributed by atoms with Crippen LogP contribution in [0.15, 0.2) is 30.3 Å². The van der Waals surface area contributed by atoms with Crippen LogP contribution in [0.3, 0.4) is 0 Å². The number of nitrogens with zero attached hydrogens (tertiary/aromatic N) is 1. The van der Waals surface area contributed by atoms with Crippen molar-refractivity contribution in [3.63, 3.8) is 0 Å². The van der Waals surface area contributed by atoms with Gasteiger partial charge in [0, 0.05) is 7.05 Å². The topological polar surface area (TPSA) is 37.4 Å². The van der Waals surface area contributed by atoms with Crippen molar-refractivity contribution in [2.45, 2.75) is 16.7 Å². The number of alkyl halides is 2. The lowest BCUT2D eigenvalue weighted by molar-refractivity contribution is -0.138. The molecule has 1 saturated heterocycles. The summed E-state index contributed by atoms with van der Waals surface area (Å²) in [4.78, 5) is 25.0. The number of carbonyl (C=O) groups is 2. The summed E-state index contributed by atoms with van der Waals surface area (Å²) in [6.07, 6.45) is 0. The van der Waals surface area contributed by atoms with Gasteiger partial charge < -0.3 is 0 Å². The predicted octanol–water partition coefficient (Wildman–Crippen LogP) is 2.12. The summed E-state index contributed by atoms with van der Waals surface area (Å²) in [5.41, 5.74) is -0.615. The van der Waals surface area contributed by atoms with Crippen molar-refractivity contribution in [2.75, 3.05) is 7.05 Å². The molecule has 0 aliphatic carbocycles. The number of amides is 2. The summed E-state index contributed by atoms with van der Waals surface area (Å²) in [6, 6.07) is 8.86. The van der Waals surface area contributed by atoms with Gasteiger partial charge in [-0.25, -0.2) is 0 Å². The quantitative estimate of drug-likeness (QED) is 0.580. The zero-order valence-electron chi connectivity index (χ0n) is 9.41. The second kappa shape index (κ2) is 3.72. The molecule has 1 aliphatic heterocycles. The average molecular weight is 272 g/mol. The molecule has 1 aromatic carbocycles. The number of rotatable bonds is 1. The summed E-state index contributed by atoms with van der Waals surface area (Å²) >= 11 is 12.2. The molecular weight excluding hydrogens is 261 g/mol. The molecule has 0 aromatic heterocycles. The van der Waals surface area contributed by atoms with Crippen LogP contribution in [0, 0.1) is 0 Å². The van der Waals surface area contributed by atoms with Gasteiger partial charge in [0.25, 0.3) is 5.91 Å². The van der Waals surface area contributed by atoms with Crippen molar-refractivity contribution >= 4 is 35.0 Å². The Morgan fingerprint density at radius 3 is 2.00 bits per heavy atom. The van der Waals surface area contributed by atoms with Crippen LogP contribution in [0.5, 0.6) is 0 Å². The van der Waals surface area contributed by atoms with E-state index in [-0.39, 0.29) is 0 Å². The summed E-state index contributed by atoms with van der Waals surface area (Å²) < 4.78 is -1.76. The first-order valence-corrected chi connectivity index (χ1v) is 5.85. The molecular formula is C12H11Cl2NO2. The minimum atomic E-state index is -1.76. The van der Waals surface area contributed by atoms with E-state index in [0.717, 1.165) is 4.90 Å². The Hall–Kier alpha value is -1.06. The zero-order chi connectivity index (χ0) is 12.8. The van der Waals surface area contributed by atoms with Gasteiger partial charge in [-0.15, -0.1) is 0 Å². The van der Waals surface area contributed by atoms with Gasteiger partial charge in [0.15, 0.2) is 0 Å². The van der Waals surface area contributed by atoms with E-state index in [2.05, 4.69) is 0 Å². The van der Waals surface area contributed by atoms with E-state index in [9.17, 15) is 9.59 Å². The highest BCUT2D eigenvalue weighted by Gasteiger charge is 2.65. The smallest absolute Gasteiger partial charge is 0.266 e. The van der Waals surface area contributed by atoms with Crippen LogP contribution in [-0.4, -0.2) is 28.1 Å². The third kappa shape index (κ3) is 1.42. The minimum absolute atomic E-state index is 0.390. The van der Waals surface area contributed by atoms with E-state index >= 15 is 0 Å². The molecule has 1 aromatic rings. The molecule has 2 rings (SSSR count). The van der Waals surface area contributed by atoms with Crippen molar-refractivity contribution in [2.24, 2.45) is 0 Å². The number of benzene rings is 1. The maximum Gasteiger partial charge on any atom is 0.266 e. The lowest BCUT2D eigenvalue weighted by Crippen LogP contribution is -2.43. The van der Waals surface area contributed by atoms with E-state index in [0.29, 0.717) is 5.56 Å². The second-order valence-corrected chi connectivity index (χ2v) is 5.56. The molecule has 0 N–H and O–H groups in total. The van der Waals surface area contributed by atoms with Crippen LogP contribution in [0.2, 0.25) is 0 Å². The summed E-state index contributed by atoms with van der Waals surface area (Å²) in [7, 11) is 1.39. The lowest BCUT2D eigenvalue weighted by atomic mass is 9.80. The average Bonchev–Trinajstić information content (AvgIpc) is 2.45. The van der Waals surface area contributed by atoms with Gasteiger partial charge in [0.05, 0.1) is 0 Å². The van der Waals surface area contributed by atoms with Crippen LogP contribution in [0.25, 0.3) is 0 Å². The zero-order valence-corrected chi connectivity index (χ0v) is 10.9. The number of likely N-dealkylation sites (tertiary alicyclic amines) is 1. The van der Waals surface area contributed by atoms with E-state index < -0.39 is 21.6 Å². The fourth-order valence-electron chi connectivity index (χ4n) is 2.06. The van der Waals surface area contributed by atoms with Crippen molar-refractivity contribution < 1.29 is 9.59 Å². The molecule has 1 unspecified atom stereocenters. The molecule has 0 bridgehead atoms. The molecule has 3 nitrogen and oxygen atoms in total. The maximum atomic E-state index is 12.2. The molecule has 0 radical (unpaired) electrons. The Kier molecular flexibility index (Phi) is 2.71. The largest absolute Gasteiger partial charge is 0.282 e. The van der Waals surface area contributed by atoms with Gasteiger partial charge in [0.2, 0.25) is 10.2 Å². The first-order chi connectivity index (χ1) is 7.83. The number of hydrogen-bond acceptors (Lipinski definition) is 2. The van der Waals surface area contributed by atoms with E-state index in [4.69, 9.17) is 23.2 Å². The summed E-state index contributed by atoms with van der Waals surface area (Å²) in [6.45, 7) is 1.59. The van der Waals surface area contributed by atoms with Crippen molar-refractivity contribution in [1.29, 1.82) is 0 Å². The fraction of sp³-hybridized carbons (Fsp3) is 0.333. The van der Waals surface area contributed by atoms with Crippen molar-refractivity contribution in [3.8, 4) is 0 Å². The molecule has 1 heterocycles. The highest BCUT2D eigenvalue weighted by atomic mass is 35.5. The van der Waals surface area contributed by atoms with Crippen molar-refractivity contribution in [3.05, 3.63) is 35.9 Å². The number of carbonyl (C=O) groups excluding carboxylic acids is 2. The lowest BCUT2D eigenvalue weighted by Gasteiger charge is -2.29. The number of hydrogen-bond donors (Lipinski definition) is 0. The van der Waals surface area contributed by atoms with Crippen molar-refractivity contribution in [1.82, 2.24) is 4.90 Å². The van der Waals surface area contributed by atoms with Crippen LogP contribution < -0.4 is 0 Å². The van der Waals surface area contributed by atoms with Gasteiger partial charge in [-0.1, -0.05) is 53.5 Å². The molecule has 5 heteroatoms. The van der Waals surface area contributed by atoms with Crippen LogP contribution in [-0.2, 0) is 15.0 Å². The molecule has 2 amide bonds. The molecule has 1 aliphatic rings. The molecule has 90 valence electrons. The van der Waals surface area contributed by atoms with Gasteiger partial charge in [-0.3, -0.25) is 14.5 Å². The Bertz CT molecular complexity index is 487. The molecule has 17 heavy (non-hydrogen) atoms. The summed E-state index contributed by atoms with van der Waals surface area (Å²) in [5.74, 6) is -0.976. The number of halogens is 2. The molecule has 1 fully saturated rings. The van der Waals surface area contributed by atoms with Crippen LogP contribution in [0.1, 0.15) is 12.5 Å². The first kappa shape index (κ1) is 12.4. The Labute approximate surface area is 109 Å². The highest BCUT2D eigenvalue weighted by Crippen LogP contribution is 2.50. The fourth-order valence-corrected chi connectivity index (χ4v) is 2.70. The van der Waals surface area contributed by atoms with E-state index in [1.807, 2.05) is 6.07 Å². The third-order valence-corrected chi connectivity index (χ3v) is 4.36. The molecule has 0 saturated carbocycles. The van der Waals surface area contributed by atoms with E-state index in [1.165, 1.54) is 7.05 Å². The molecule has 1 atom stereocenters. The minimum Gasteiger partial charge on any atom is -0.282 e. The van der Waals surface area contributed by atoms with Crippen LogP contribution in [0.4, 0.5) is 0 Å². The number of imide groups is 1. The van der Waals surface area contributed by atoms with Gasteiger partial charge >= 0.3 is 0 Å². The second-order valence-electron chi connectivity index (χ2n) is 4.23. The Balaban J connectivity index is 2.65. The first-order valence-electron chi connectivity index (χ1n) is 5.09. The third-order valence-electron chi connectivity index (χ3n) is 3.28. The Morgan fingerprint density at radius 2 is 1.59 bits per heavy atom. The summed E-state index contributed by atoms with van der Waals surface area (Å²) in [5, 5.41) is 0. The standard InChI is InChI=1S/C12H11Cl2NO2/c1-11(8-6-4-3-5-7-8)9(16)15(2)10(17)12(11,13)14/h3-7H,1-2H3. The SMILES string of the molecule is CN1C(=O)C(Cl)(Cl)C(C)(c2ccccc2)C1=O. The normalized spacial score (nSPS) is 27.6. The van der Waals surface area contributed by atoms with E-state index in [1.54, 1.807) is 31.2 Å².